The van der Waals surface area contributed by atoms with Gasteiger partial charge in [-0.1, -0.05) is 30.3 Å². The normalized spacial score (nSPS) is 22.7. The van der Waals surface area contributed by atoms with E-state index in [2.05, 4.69) is 28.4 Å². The third kappa shape index (κ3) is 1.31. The van der Waals surface area contributed by atoms with E-state index in [0.717, 1.165) is 24.1 Å². The Morgan fingerprint density at radius 2 is 1.78 bits per heavy atom. The van der Waals surface area contributed by atoms with Crippen LogP contribution in [0.25, 0.3) is 11.3 Å². The topological polar surface area (TPSA) is 54.7 Å². The van der Waals surface area contributed by atoms with Gasteiger partial charge in [0.25, 0.3) is 0 Å². The fraction of sp³-hybridized carbons (Fsp3) is 0.400. The summed E-state index contributed by atoms with van der Waals surface area (Å²) in [5.74, 6) is 0. The number of aromatic amines is 1. The van der Waals surface area contributed by atoms with Crippen LogP contribution in [0.3, 0.4) is 0 Å². The van der Waals surface area contributed by atoms with Crippen molar-refractivity contribution in [2.45, 2.75) is 36.6 Å². The molecular formula is C15H17N3. The molecule has 0 radical (unpaired) electrons. The molecule has 18 heavy (non-hydrogen) atoms. The van der Waals surface area contributed by atoms with Crippen LogP contribution in [-0.2, 0) is 5.41 Å². The van der Waals surface area contributed by atoms with Crippen molar-refractivity contribution in [3.05, 3.63) is 42.1 Å². The average Bonchev–Trinajstić information content (AvgIpc) is 3.31. The number of nitrogens with zero attached hydrogens (tertiary/aromatic N) is 1. The van der Waals surface area contributed by atoms with Gasteiger partial charge in [-0.05, 0) is 31.7 Å². The Balaban J connectivity index is 1.71. The van der Waals surface area contributed by atoms with Gasteiger partial charge in [0.1, 0.15) is 0 Å². The quantitative estimate of drug-likeness (QED) is 0.865. The van der Waals surface area contributed by atoms with Crippen molar-refractivity contribution >= 4 is 0 Å². The van der Waals surface area contributed by atoms with E-state index in [1.54, 1.807) is 0 Å². The second-order valence-corrected chi connectivity index (χ2v) is 5.77. The molecule has 0 aliphatic heterocycles. The highest BCUT2D eigenvalue weighted by Gasteiger charge is 2.65. The summed E-state index contributed by atoms with van der Waals surface area (Å²) >= 11 is 0. The predicted octanol–water partition coefficient (Wildman–Crippen LogP) is 2.60. The van der Waals surface area contributed by atoms with Gasteiger partial charge >= 0.3 is 0 Å². The Labute approximate surface area is 106 Å². The molecular weight excluding hydrogens is 222 g/mol. The van der Waals surface area contributed by atoms with Crippen molar-refractivity contribution < 1.29 is 0 Å². The van der Waals surface area contributed by atoms with Crippen molar-refractivity contribution in [1.29, 1.82) is 0 Å². The van der Waals surface area contributed by atoms with E-state index in [1.165, 1.54) is 18.5 Å². The number of benzene rings is 1. The van der Waals surface area contributed by atoms with E-state index in [9.17, 15) is 0 Å². The molecule has 3 heteroatoms. The van der Waals surface area contributed by atoms with Crippen molar-refractivity contribution in [1.82, 2.24) is 10.2 Å². The van der Waals surface area contributed by atoms with Gasteiger partial charge in [0.15, 0.2) is 0 Å². The molecule has 0 saturated heterocycles. The lowest BCUT2D eigenvalue weighted by molar-refractivity contribution is 0.490. The summed E-state index contributed by atoms with van der Waals surface area (Å²) in [4.78, 5) is 0. The van der Waals surface area contributed by atoms with Gasteiger partial charge in [0.05, 0.1) is 5.69 Å². The minimum Gasteiger partial charge on any atom is -0.324 e. The highest BCUT2D eigenvalue weighted by molar-refractivity contribution is 5.60. The smallest absolute Gasteiger partial charge is 0.0923 e. The van der Waals surface area contributed by atoms with Gasteiger partial charge in [0.2, 0.25) is 0 Å². The molecule has 2 fully saturated rings. The van der Waals surface area contributed by atoms with Gasteiger partial charge in [-0.25, -0.2) is 0 Å². The molecule has 3 N–H and O–H groups in total. The molecule has 0 bridgehead atoms. The molecule has 0 amide bonds. The minimum atomic E-state index is 0.0491. The Hall–Kier alpha value is -1.61. The summed E-state index contributed by atoms with van der Waals surface area (Å²) in [5, 5.41) is 7.68. The van der Waals surface area contributed by atoms with Crippen LogP contribution in [0.2, 0.25) is 0 Å². The number of rotatable bonds is 3. The molecule has 2 aliphatic rings. The van der Waals surface area contributed by atoms with E-state index in [0.29, 0.717) is 0 Å². The molecule has 4 rings (SSSR count). The number of hydrogen-bond acceptors (Lipinski definition) is 2. The molecule has 2 aliphatic carbocycles. The Kier molecular flexibility index (Phi) is 1.86. The van der Waals surface area contributed by atoms with Crippen LogP contribution in [-0.4, -0.2) is 15.7 Å². The van der Waals surface area contributed by atoms with Crippen molar-refractivity contribution in [2.24, 2.45) is 5.73 Å². The van der Waals surface area contributed by atoms with Gasteiger partial charge in [-0.3, -0.25) is 5.10 Å². The molecule has 1 aromatic carbocycles. The van der Waals surface area contributed by atoms with Crippen LogP contribution in [0.5, 0.6) is 0 Å². The summed E-state index contributed by atoms with van der Waals surface area (Å²) in [5.41, 5.74) is 10.1. The largest absolute Gasteiger partial charge is 0.324 e. The van der Waals surface area contributed by atoms with Crippen molar-refractivity contribution in [3.63, 3.8) is 0 Å². The number of nitrogens with two attached hydrogens (primary N) is 1. The number of H-pyrrole nitrogens is 1. The maximum absolute atomic E-state index is 6.42. The number of aromatic nitrogens is 2. The summed E-state index contributed by atoms with van der Waals surface area (Å²) in [7, 11) is 0. The van der Waals surface area contributed by atoms with Gasteiger partial charge in [-0.2, -0.15) is 5.10 Å². The Morgan fingerprint density at radius 1 is 1.06 bits per heavy atom. The molecule has 0 unspecified atom stereocenters. The number of nitrogens with one attached hydrogen (secondary N) is 1. The third-order valence-corrected chi connectivity index (χ3v) is 4.65. The average molecular weight is 239 g/mol. The fourth-order valence-electron chi connectivity index (χ4n) is 3.10. The fourth-order valence-corrected chi connectivity index (χ4v) is 3.10. The van der Waals surface area contributed by atoms with Gasteiger partial charge in [0, 0.05) is 22.2 Å². The highest BCUT2D eigenvalue weighted by Crippen LogP contribution is 2.63. The molecule has 0 atom stereocenters. The standard InChI is InChI=1S/C15H17N3/c16-15(8-9-15)14(6-7-14)13-10-12(17-18-13)11-4-2-1-3-5-11/h1-5,10H,6-9,16H2,(H,17,18). The van der Waals surface area contributed by atoms with E-state index in [4.69, 9.17) is 5.73 Å². The zero-order valence-corrected chi connectivity index (χ0v) is 10.3. The van der Waals surface area contributed by atoms with Gasteiger partial charge in [-0.15, -0.1) is 0 Å². The molecule has 92 valence electrons. The van der Waals surface area contributed by atoms with Gasteiger partial charge < -0.3 is 5.73 Å². The number of hydrogen-bond donors (Lipinski definition) is 2. The summed E-state index contributed by atoms with van der Waals surface area (Å²) in [6.07, 6.45) is 4.74. The maximum atomic E-state index is 6.42. The van der Waals surface area contributed by atoms with Crippen LogP contribution in [0.15, 0.2) is 36.4 Å². The Bertz CT molecular complexity index is 577. The van der Waals surface area contributed by atoms with E-state index >= 15 is 0 Å². The van der Waals surface area contributed by atoms with Crippen molar-refractivity contribution in [2.75, 3.05) is 0 Å². The lowest BCUT2D eigenvalue weighted by atomic mass is 9.90. The predicted molar refractivity (Wildman–Crippen MR) is 71.1 cm³/mol. The SMILES string of the molecule is NC1(C2(c3cc(-c4ccccc4)n[nH]3)CC2)CC1. The first-order valence-electron chi connectivity index (χ1n) is 6.64. The first-order chi connectivity index (χ1) is 8.74. The van der Waals surface area contributed by atoms with Crippen molar-refractivity contribution in [3.8, 4) is 11.3 Å². The molecule has 0 spiro atoms. The lowest BCUT2D eigenvalue weighted by Crippen LogP contribution is -2.37. The zero-order chi connectivity index (χ0) is 12.2. The van der Waals surface area contributed by atoms with E-state index in [-0.39, 0.29) is 11.0 Å². The second-order valence-electron chi connectivity index (χ2n) is 5.77. The monoisotopic (exact) mass is 239 g/mol. The minimum absolute atomic E-state index is 0.0491. The Morgan fingerprint density at radius 3 is 2.39 bits per heavy atom. The second kappa shape index (κ2) is 3.23. The first-order valence-corrected chi connectivity index (χ1v) is 6.64. The molecule has 2 saturated carbocycles. The molecule has 1 heterocycles. The maximum Gasteiger partial charge on any atom is 0.0923 e. The zero-order valence-electron chi connectivity index (χ0n) is 10.3. The summed E-state index contributed by atoms with van der Waals surface area (Å²) < 4.78 is 0. The molecule has 3 nitrogen and oxygen atoms in total. The first kappa shape index (κ1) is 10.3. The van der Waals surface area contributed by atoms with E-state index < -0.39 is 0 Å². The lowest BCUT2D eigenvalue weighted by Gasteiger charge is -2.20. The van der Waals surface area contributed by atoms with Crippen LogP contribution >= 0.6 is 0 Å². The van der Waals surface area contributed by atoms with Crippen LogP contribution in [0, 0.1) is 0 Å². The van der Waals surface area contributed by atoms with E-state index in [1.807, 2.05) is 18.2 Å². The highest BCUT2D eigenvalue weighted by atomic mass is 15.1. The van der Waals surface area contributed by atoms with Crippen LogP contribution in [0.4, 0.5) is 0 Å². The molecule has 2 aromatic rings. The third-order valence-electron chi connectivity index (χ3n) is 4.65. The summed E-state index contributed by atoms with van der Waals surface area (Å²) in [6.45, 7) is 0. The van der Waals surface area contributed by atoms with Crippen LogP contribution < -0.4 is 5.73 Å². The van der Waals surface area contributed by atoms with Crippen LogP contribution in [0.1, 0.15) is 31.4 Å². The summed E-state index contributed by atoms with van der Waals surface area (Å²) in [6, 6.07) is 12.5. The molecule has 1 aromatic heterocycles.